The summed E-state index contributed by atoms with van der Waals surface area (Å²) in [6.45, 7) is 0. The van der Waals surface area contributed by atoms with Crippen molar-refractivity contribution < 1.29 is 9.47 Å². The molecule has 5 nitrogen and oxygen atoms in total. The molecule has 1 atom stereocenters. The van der Waals surface area contributed by atoms with Gasteiger partial charge in [0.05, 0.1) is 20.3 Å². The van der Waals surface area contributed by atoms with Gasteiger partial charge in [-0.15, -0.1) is 0 Å². The average molecular weight is 324 g/mol. The molecule has 19 heavy (non-hydrogen) atoms. The van der Waals surface area contributed by atoms with Crippen LogP contribution in [0, 0.1) is 0 Å². The van der Waals surface area contributed by atoms with E-state index in [0.29, 0.717) is 11.6 Å². The average Bonchev–Trinajstić information content (AvgIpc) is 2.47. The second-order valence-electron chi connectivity index (χ2n) is 3.82. The molecule has 0 fully saturated rings. The maximum absolute atomic E-state index is 6.25. The molecule has 1 unspecified atom stereocenters. The van der Waals surface area contributed by atoms with E-state index in [1.807, 2.05) is 18.2 Å². The van der Waals surface area contributed by atoms with E-state index in [4.69, 9.17) is 15.2 Å². The van der Waals surface area contributed by atoms with Crippen molar-refractivity contribution in [3.05, 3.63) is 46.3 Å². The molecule has 0 aliphatic rings. The largest absolute Gasteiger partial charge is 0.497 e. The number of nitrogens with two attached hydrogens (primary N) is 1. The van der Waals surface area contributed by atoms with Crippen molar-refractivity contribution in [1.82, 2.24) is 9.97 Å². The Morgan fingerprint density at radius 3 is 2.58 bits per heavy atom. The lowest BCUT2D eigenvalue weighted by molar-refractivity contribution is 0.386. The predicted molar refractivity (Wildman–Crippen MR) is 75.3 cm³/mol. The molecule has 0 saturated heterocycles. The van der Waals surface area contributed by atoms with Gasteiger partial charge in [0.25, 0.3) is 0 Å². The SMILES string of the molecule is COc1ccc(Br)c(C(N)c2nccnc2OC)c1. The number of hydrogen-bond donors (Lipinski definition) is 1. The Morgan fingerprint density at radius 1 is 1.16 bits per heavy atom. The Labute approximate surface area is 119 Å². The van der Waals surface area contributed by atoms with E-state index < -0.39 is 6.04 Å². The maximum atomic E-state index is 6.25. The number of aromatic nitrogens is 2. The zero-order valence-electron chi connectivity index (χ0n) is 10.6. The van der Waals surface area contributed by atoms with Gasteiger partial charge in [-0.1, -0.05) is 15.9 Å². The lowest BCUT2D eigenvalue weighted by Gasteiger charge is -2.16. The fourth-order valence-electron chi connectivity index (χ4n) is 1.74. The highest BCUT2D eigenvalue weighted by Gasteiger charge is 2.19. The van der Waals surface area contributed by atoms with Crippen LogP contribution in [-0.4, -0.2) is 24.2 Å². The molecule has 0 radical (unpaired) electrons. The smallest absolute Gasteiger partial charge is 0.237 e. The Bertz CT molecular complexity index is 578. The van der Waals surface area contributed by atoms with Crippen LogP contribution in [0.4, 0.5) is 0 Å². The van der Waals surface area contributed by atoms with E-state index in [1.165, 1.54) is 0 Å². The van der Waals surface area contributed by atoms with Crippen LogP contribution in [0.25, 0.3) is 0 Å². The molecule has 100 valence electrons. The van der Waals surface area contributed by atoms with E-state index in [0.717, 1.165) is 15.8 Å². The van der Waals surface area contributed by atoms with Crippen LogP contribution in [0.1, 0.15) is 17.3 Å². The normalized spacial score (nSPS) is 12.0. The number of rotatable bonds is 4. The lowest BCUT2D eigenvalue weighted by atomic mass is 10.0. The lowest BCUT2D eigenvalue weighted by Crippen LogP contribution is -2.16. The third-order valence-corrected chi connectivity index (χ3v) is 3.44. The summed E-state index contributed by atoms with van der Waals surface area (Å²) in [5.74, 6) is 1.15. The minimum absolute atomic E-state index is 0.421. The summed E-state index contributed by atoms with van der Waals surface area (Å²) in [6.07, 6.45) is 3.15. The van der Waals surface area contributed by atoms with Gasteiger partial charge in [0.1, 0.15) is 11.4 Å². The van der Waals surface area contributed by atoms with Crippen molar-refractivity contribution in [2.45, 2.75) is 6.04 Å². The number of halogens is 1. The minimum Gasteiger partial charge on any atom is -0.497 e. The summed E-state index contributed by atoms with van der Waals surface area (Å²) < 4.78 is 11.3. The fourth-order valence-corrected chi connectivity index (χ4v) is 2.23. The van der Waals surface area contributed by atoms with Crippen LogP contribution in [-0.2, 0) is 0 Å². The first-order chi connectivity index (χ1) is 9.17. The van der Waals surface area contributed by atoms with Gasteiger partial charge in [0.15, 0.2) is 0 Å². The molecule has 0 spiro atoms. The first-order valence-corrected chi connectivity index (χ1v) is 6.40. The fraction of sp³-hybridized carbons (Fsp3) is 0.231. The van der Waals surface area contributed by atoms with E-state index >= 15 is 0 Å². The molecular weight excluding hydrogens is 310 g/mol. The van der Waals surface area contributed by atoms with Crippen LogP contribution < -0.4 is 15.2 Å². The molecule has 0 saturated carbocycles. The molecule has 2 N–H and O–H groups in total. The number of hydrogen-bond acceptors (Lipinski definition) is 5. The molecule has 0 amide bonds. The Morgan fingerprint density at radius 2 is 1.89 bits per heavy atom. The van der Waals surface area contributed by atoms with Crippen LogP contribution in [0.2, 0.25) is 0 Å². The van der Waals surface area contributed by atoms with Gasteiger partial charge in [-0.3, -0.25) is 4.98 Å². The molecule has 6 heteroatoms. The van der Waals surface area contributed by atoms with Crippen molar-refractivity contribution in [1.29, 1.82) is 0 Å². The topological polar surface area (TPSA) is 70.3 Å². The molecule has 1 aromatic carbocycles. The Hall–Kier alpha value is -1.66. The van der Waals surface area contributed by atoms with Gasteiger partial charge >= 0.3 is 0 Å². The second-order valence-corrected chi connectivity index (χ2v) is 4.67. The van der Waals surface area contributed by atoms with Crippen LogP contribution in [0.5, 0.6) is 11.6 Å². The first-order valence-electron chi connectivity index (χ1n) is 5.61. The quantitative estimate of drug-likeness (QED) is 0.934. The summed E-state index contributed by atoms with van der Waals surface area (Å²) in [7, 11) is 3.16. The van der Waals surface area contributed by atoms with Crippen molar-refractivity contribution in [2.24, 2.45) is 5.73 Å². The number of nitrogens with zero attached hydrogens (tertiary/aromatic N) is 2. The van der Waals surface area contributed by atoms with Crippen LogP contribution in [0.15, 0.2) is 35.1 Å². The predicted octanol–water partition coefficient (Wildman–Crippen LogP) is 2.30. The number of benzene rings is 1. The van der Waals surface area contributed by atoms with Crippen LogP contribution in [0.3, 0.4) is 0 Å². The summed E-state index contributed by atoms with van der Waals surface area (Å²) in [5.41, 5.74) is 7.69. The number of ether oxygens (including phenoxy) is 2. The molecule has 2 rings (SSSR count). The molecule has 0 aliphatic carbocycles. The van der Waals surface area contributed by atoms with E-state index in [1.54, 1.807) is 26.6 Å². The van der Waals surface area contributed by atoms with Gasteiger partial charge in [-0.05, 0) is 23.8 Å². The van der Waals surface area contributed by atoms with E-state index in [9.17, 15) is 0 Å². The Kier molecular flexibility index (Phi) is 4.34. The van der Waals surface area contributed by atoms with Crippen LogP contribution >= 0.6 is 15.9 Å². The number of methoxy groups -OCH3 is 2. The maximum Gasteiger partial charge on any atom is 0.237 e. The zero-order chi connectivity index (χ0) is 13.8. The molecule has 0 aliphatic heterocycles. The molecule has 2 aromatic rings. The van der Waals surface area contributed by atoms with Crippen molar-refractivity contribution >= 4 is 15.9 Å². The van der Waals surface area contributed by atoms with Gasteiger partial charge in [0, 0.05) is 16.9 Å². The highest BCUT2D eigenvalue weighted by atomic mass is 79.9. The summed E-state index contributed by atoms with van der Waals surface area (Å²) >= 11 is 3.48. The van der Waals surface area contributed by atoms with Crippen molar-refractivity contribution in [2.75, 3.05) is 14.2 Å². The molecule has 1 heterocycles. The van der Waals surface area contributed by atoms with Crippen molar-refractivity contribution in [3.8, 4) is 11.6 Å². The third kappa shape index (κ3) is 2.85. The zero-order valence-corrected chi connectivity index (χ0v) is 12.2. The van der Waals surface area contributed by atoms with E-state index in [2.05, 4.69) is 25.9 Å². The Balaban J connectivity index is 2.46. The van der Waals surface area contributed by atoms with Gasteiger partial charge in [-0.2, -0.15) is 0 Å². The summed E-state index contributed by atoms with van der Waals surface area (Å²) in [6, 6.07) is 5.15. The molecular formula is C13H14BrN3O2. The van der Waals surface area contributed by atoms with Gasteiger partial charge in [0.2, 0.25) is 5.88 Å². The first kappa shape index (κ1) is 13.8. The van der Waals surface area contributed by atoms with E-state index in [-0.39, 0.29) is 0 Å². The molecule has 1 aromatic heterocycles. The van der Waals surface area contributed by atoms with Gasteiger partial charge < -0.3 is 15.2 Å². The second kappa shape index (κ2) is 5.99. The summed E-state index contributed by atoms with van der Waals surface area (Å²) in [4.78, 5) is 8.35. The monoisotopic (exact) mass is 323 g/mol. The third-order valence-electron chi connectivity index (χ3n) is 2.72. The van der Waals surface area contributed by atoms with Gasteiger partial charge in [-0.25, -0.2) is 4.98 Å². The minimum atomic E-state index is -0.451. The summed E-state index contributed by atoms with van der Waals surface area (Å²) in [5, 5.41) is 0. The highest BCUT2D eigenvalue weighted by Crippen LogP contribution is 2.31. The van der Waals surface area contributed by atoms with Crippen molar-refractivity contribution in [3.63, 3.8) is 0 Å². The molecule has 0 bridgehead atoms. The highest BCUT2D eigenvalue weighted by molar-refractivity contribution is 9.10. The standard InChI is InChI=1S/C13H14BrN3O2/c1-18-8-3-4-10(14)9(7-8)11(15)12-13(19-2)17-6-5-16-12/h3-7,11H,15H2,1-2H3.